The lowest BCUT2D eigenvalue weighted by Gasteiger charge is -1.99. The van der Waals surface area contributed by atoms with Crippen molar-refractivity contribution in [2.24, 2.45) is 5.10 Å². The van der Waals surface area contributed by atoms with Gasteiger partial charge in [0.15, 0.2) is 5.76 Å². The molecule has 126 valence electrons. The third-order valence-corrected chi connectivity index (χ3v) is 4.00. The fourth-order valence-corrected chi connectivity index (χ4v) is 2.63. The van der Waals surface area contributed by atoms with Gasteiger partial charge in [0.25, 0.3) is 5.69 Å². The molecular formula is C17H12BrN3O4. The number of nitro groups is 1. The predicted octanol–water partition coefficient (Wildman–Crippen LogP) is 4.18. The summed E-state index contributed by atoms with van der Waals surface area (Å²) in [5.41, 5.74) is 3.99. The first-order valence-electron chi connectivity index (χ1n) is 7.21. The Morgan fingerprint density at radius 1 is 1.28 bits per heavy atom. The molecule has 2 aromatic carbocycles. The molecule has 1 heterocycles. The van der Waals surface area contributed by atoms with E-state index < -0.39 is 10.8 Å². The SMILES string of the molecule is Cc1ccc(/C=N/NC(=O)c2cc3cc(Br)ccc3o2)cc1[N+](=O)[O-]. The lowest BCUT2D eigenvalue weighted by Crippen LogP contribution is -2.16. The number of fused-ring (bicyclic) bond motifs is 1. The van der Waals surface area contributed by atoms with Crippen LogP contribution in [0.1, 0.15) is 21.7 Å². The first kappa shape index (κ1) is 16.8. The number of benzene rings is 2. The van der Waals surface area contributed by atoms with E-state index in [1.54, 1.807) is 31.2 Å². The van der Waals surface area contributed by atoms with Crippen LogP contribution in [0.25, 0.3) is 11.0 Å². The van der Waals surface area contributed by atoms with Crippen LogP contribution < -0.4 is 5.43 Å². The Hall–Kier alpha value is -3.00. The number of carbonyl (C=O) groups excluding carboxylic acids is 1. The molecule has 25 heavy (non-hydrogen) atoms. The third kappa shape index (κ3) is 3.74. The number of hydrogen-bond acceptors (Lipinski definition) is 5. The number of hydrogen-bond donors (Lipinski definition) is 1. The van der Waals surface area contributed by atoms with Crippen LogP contribution in [0, 0.1) is 17.0 Å². The summed E-state index contributed by atoms with van der Waals surface area (Å²) in [7, 11) is 0. The van der Waals surface area contributed by atoms with Gasteiger partial charge in [-0.25, -0.2) is 5.43 Å². The monoisotopic (exact) mass is 401 g/mol. The molecule has 3 rings (SSSR count). The van der Waals surface area contributed by atoms with E-state index in [0.29, 0.717) is 16.7 Å². The summed E-state index contributed by atoms with van der Waals surface area (Å²) in [5.74, 6) is -0.384. The van der Waals surface area contributed by atoms with Crippen LogP contribution >= 0.6 is 15.9 Å². The van der Waals surface area contributed by atoms with Gasteiger partial charge in [0.05, 0.1) is 11.1 Å². The largest absolute Gasteiger partial charge is 0.451 e. The van der Waals surface area contributed by atoms with Crippen molar-refractivity contribution in [2.45, 2.75) is 6.92 Å². The van der Waals surface area contributed by atoms with Crippen molar-refractivity contribution >= 4 is 44.7 Å². The second-order valence-corrected chi connectivity index (χ2v) is 6.21. The predicted molar refractivity (Wildman–Crippen MR) is 96.8 cm³/mol. The molecule has 0 aliphatic heterocycles. The van der Waals surface area contributed by atoms with Gasteiger partial charge in [-0.15, -0.1) is 0 Å². The summed E-state index contributed by atoms with van der Waals surface area (Å²) >= 11 is 3.35. The van der Waals surface area contributed by atoms with Gasteiger partial charge in [0, 0.05) is 27.1 Å². The molecular weight excluding hydrogens is 390 g/mol. The van der Waals surface area contributed by atoms with Gasteiger partial charge < -0.3 is 4.42 Å². The van der Waals surface area contributed by atoms with E-state index in [1.807, 2.05) is 12.1 Å². The third-order valence-electron chi connectivity index (χ3n) is 3.51. The zero-order valence-electron chi connectivity index (χ0n) is 13.0. The molecule has 0 aliphatic rings. The zero-order chi connectivity index (χ0) is 18.0. The highest BCUT2D eigenvalue weighted by Gasteiger charge is 2.12. The number of halogens is 1. The molecule has 0 fully saturated rings. The van der Waals surface area contributed by atoms with Crippen LogP contribution in [0.4, 0.5) is 5.69 Å². The molecule has 0 unspecified atom stereocenters. The van der Waals surface area contributed by atoms with Gasteiger partial charge in [-0.3, -0.25) is 14.9 Å². The van der Waals surface area contributed by atoms with Crippen molar-refractivity contribution in [2.75, 3.05) is 0 Å². The Morgan fingerprint density at radius 2 is 2.08 bits per heavy atom. The fourth-order valence-electron chi connectivity index (χ4n) is 2.25. The first-order valence-corrected chi connectivity index (χ1v) is 8.01. The average molecular weight is 402 g/mol. The van der Waals surface area contributed by atoms with E-state index in [0.717, 1.165) is 9.86 Å². The number of aryl methyl sites for hydroxylation is 1. The molecule has 0 saturated heterocycles. The lowest BCUT2D eigenvalue weighted by molar-refractivity contribution is -0.385. The van der Waals surface area contributed by atoms with Crippen molar-refractivity contribution in [1.82, 2.24) is 5.43 Å². The molecule has 1 N–H and O–H groups in total. The second kappa shape index (κ2) is 6.86. The standard InChI is InChI=1S/C17H12BrN3O4/c1-10-2-3-11(6-14(10)21(23)24)9-19-20-17(22)16-8-12-7-13(18)4-5-15(12)25-16/h2-9H,1H3,(H,20,22)/b19-9+. The quantitative estimate of drug-likeness (QED) is 0.402. The Balaban J connectivity index is 1.73. The topological polar surface area (TPSA) is 97.7 Å². The zero-order valence-corrected chi connectivity index (χ0v) is 14.6. The number of nitro benzene ring substituents is 1. The second-order valence-electron chi connectivity index (χ2n) is 5.29. The van der Waals surface area contributed by atoms with Crippen molar-refractivity contribution < 1.29 is 14.1 Å². The van der Waals surface area contributed by atoms with Crippen molar-refractivity contribution in [3.63, 3.8) is 0 Å². The molecule has 0 bridgehead atoms. The van der Waals surface area contributed by atoms with Crippen molar-refractivity contribution in [3.05, 3.63) is 73.9 Å². The number of furan rings is 1. The number of hydrazone groups is 1. The molecule has 7 nitrogen and oxygen atoms in total. The van der Waals surface area contributed by atoms with Gasteiger partial charge in [0.2, 0.25) is 0 Å². The van der Waals surface area contributed by atoms with Crippen LogP contribution in [0.3, 0.4) is 0 Å². The van der Waals surface area contributed by atoms with E-state index in [-0.39, 0.29) is 11.4 Å². The molecule has 0 saturated carbocycles. The smallest absolute Gasteiger partial charge is 0.307 e. The molecule has 1 aromatic heterocycles. The lowest BCUT2D eigenvalue weighted by atomic mass is 10.1. The minimum Gasteiger partial charge on any atom is -0.451 e. The molecule has 0 radical (unpaired) electrons. The van der Waals surface area contributed by atoms with E-state index in [4.69, 9.17) is 4.42 Å². The Morgan fingerprint density at radius 3 is 2.84 bits per heavy atom. The molecule has 0 aliphatic carbocycles. The normalized spacial score (nSPS) is 11.1. The first-order chi connectivity index (χ1) is 11.9. The minimum absolute atomic E-state index is 0.00172. The highest BCUT2D eigenvalue weighted by molar-refractivity contribution is 9.10. The fraction of sp³-hybridized carbons (Fsp3) is 0.0588. The van der Waals surface area contributed by atoms with E-state index in [2.05, 4.69) is 26.5 Å². The number of carbonyl (C=O) groups is 1. The van der Waals surface area contributed by atoms with Gasteiger partial charge >= 0.3 is 5.91 Å². The highest BCUT2D eigenvalue weighted by Crippen LogP contribution is 2.23. The molecule has 3 aromatic rings. The molecule has 0 spiro atoms. The Bertz CT molecular complexity index is 1010. The van der Waals surface area contributed by atoms with Crippen LogP contribution in [-0.4, -0.2) is 17.0 Å². The van der Waals surface area contributed by atoms with Gasteiger partial charge in [0.1, 0.15) is 5.58 Å². The molecule has 8 heteroatoms. The minimum atomic E-state index is -0.509. The Kier molecular flexibility index (Phi) is 4.62. The summed E-state index contributed by atoms with van der Waals surface area (Å²) < 4.78 is 6.34. The number of rotatable bonds is 4. The maximum absolute atomic E-state index is 12.1. The summed E-state index contributed by atoms with van der Waals surface area (Å²) in [5, 5.41) is 15.5. The van der Waals surface area contributed by atoms with Gasteiger partial charge in [-0.1, -0.05) is 28.1 Å². The van der Waals surface area contributed by atoms with E-state index >= 15 is 0 Å². The maximum Gasteiger partial charge on any atom is 0.307 e. The molecule has 0 atom stereocenters. The average Bonchev–Trinajstić information content (AvgIpc) is 2.99. The maximum atomic E-state index is 12.1. The van der Waals surface area contributed by atoms with Crippen molar-refractivity contribution in [1.29, 1.82) is 0 Å². The molecule has 1 amide bonds. The summed E-state index contributed by atoms with van der Waals surface area (Å²) in [6.07, 6.45) is 1.34. The van der Waals surface area contributed by atoms with Crippen LogP contribution in [0.15, 0.2) is 56.5 Å². The summed E-state index contributed by atoms with van der Waals surface area (Å²) in [4.78, 5) is 22.5. The van der Waals surface area contributed by atoms with Gasteiger partial charge in [-0.2, -0.15) is 5.10 Å². The van der Waals surface area contributed by atoms with E-state index in [9.17, 15) is 14.9 Å². The Labute approximate surface area is 150 Å². The number of amides is 1. The van der Waals surface area contributed by atoms with Crippen LogP contribution in [0.2, 0.25) is 0 Å². The van der Waals surface area contributed by atoms with Crippen LogP contribution in [0.5, 0.6) is 0 Å². The highest BCUT2D eigenvalue weighted by atomic mass is 79.9. The summed E-state index contributed by atoms with van der Waals surface area (Å²) in [6, 6.07) is 11.7. The number of nitrogens with one attached hydrogen (secondary N) is 1. The summed E-state index contributed by atoms with van der Waals surface area (Å²) in [6.45, 7) is 1.65. The van der Waals surface area contributed by atoms with E-state index in [1.165, 1.54) is 12.3 Å². The number of nitrogens with zero attached hydrogens (tertiary/aromatic N) is 2. The van der Waals surface area contributed by atoms with Crippen molar-refractivity contribution in [3.8, 4) is 0 Å². The van der Waals surface area contributed by atoms with Gasteiger partial charge in [-0.05, 0) is 31.2 Å². The van der Waals surface area contributed by atoms with Crippen LogP contribution in [-0.2, 0) is 0 Å².